The third-order valence-electron chi connectivity index (χ3n) is 1.94. The van der Waals surface area contributed by atoms with E-state index in [9.17, 15) is 9.90 Å². The van der Waals surface area contributed by atoms with Gasteiger partial charge in [0.1, 0.15) is 6.29 Å². The Balaban J connectivity index is 3.12. The SMILES string of the molecule is COc1cc(C)c(CC=O)cc1O. The van der Waals surface area contributed by atoms with E-state index < -0.39 is 0 Å². The Bertz CT molecular complexity index is 318. The third-order valence-corrected chi connectivity index (χ3v) is 1.94. The number of aldehydes is 1. The molecule has 0 unspecified atom stereocenters. The van der Waals surface area contributed by atoms with Crippen molar-refractivity contribution in [2.45, 2.75) is 13.3 Å². The Hall–Kier alpha value is -1.51. The predicted molar refractivity (Wildman–Crippen MR) is 49.2 cm³/mol. The van der Waals surface area contributed by atoms with Crippen LogP contribution in [0.3, 0.4) is 0 Å². The highest BCUT2D eigenvalue weighted by atomic mass is 16.5. The van der Waals surface area contributed by atoms with Crippen molar-refractivity contribution in [2.75, 3.05) is 7.11 Å². The summed E-state index contributed by atoms with van der Waals surface area (Å²) in [5.74, 6) is 0.511. The fraction of sp³-hybridized carbons (Fsp3) is 0.300. The van der Waals surface area contributed by atoms with Gasteiger partial charge < -0.3 is 14.6 Å². The molecule has 0 bridgehead atoms. The largest absolute Gasteiger partial charge is 0.504 e. The quantitative estimate of drug-likeness (QED) is 0.716. The van der Waals surface area contributed by atoms with Crippen LogP contribution in [0.25, 0.3) is 0 Å². The van der Waals surface area contributed by atoms with Crippen molar-refractivity contribution >= 4 is 6.29 Å². The zero-order chi connectivity index (χ0) is 9.84. The number of hydrogen-bond acceptors (Lipinski definition) is 3. The van der Waals surface area contributed by atoms with E-state index in [2.05, 4.69) is 0 Å². The average molecular weight is 180 g/mol. The molecule has 0 aromatic heterocycles. The molecular weight excluding hydrogens is 168 g/mol. The molecule has 0 saturated carbocycles. The Labute approximate surface area is 77.0 Å². The number of aromatic hydroxyl groups is 1. The lowest BCUT2D eigenvalue weighted by Gasteiger charge is -2.07. The average Bonchev–Trinajstić information content (AvgIpc) is 2.11. The van der Waals surface area contributed by atoms with E-state index in [0.717, 1.165) is 17.4 Å². The van der Waals surface area contributed by atoms with E-state index >= 15 is 0 Å². The van der Waals surface area contributed by atoms with Crippen molar-refractivity contribution in [3.05, 3.63) is 23.3 Å². The summed E-state index contributed by atoms with van der Waals surface area (Å²) in [7, 11) is 1.49. The molecule has 0 radical (unpaired) electrons. The van der Waals surface area contributed by atoms with Crippen molar-refractivity contribution < 1.29 is 14.6 Å². The summed E-state index contributed by atoms with van der Waals surface area (Å²) in [4.78, 5) is 10.3. The summed E-state index contributed by atoms with van der Waals surface area (Å²) in [6, 6.07) is 3.27. The van der Waals surface area contributed by atoms with Crippen LogP contribution < -0.4 is 4.74 Å². The highest BCUT2D eigenvalue weighted by molar-refractivity contribution is 5.58. The van der Waals surface area contributed by atoms with E-state index in [4.69, 9.17) is 4.74 Å². The summed E-state index contributed by atoms with van der Waals surface area (Å²) in [6.07, 6.45) is 1.14. The van der Waals surface area contributed by atoms with Crippen LogP contribution in [0.2, 0.25) is 0 Å². The number of phenols is 1. The summed E-state index contributed by atoms with van der Waals surface area (Å²) in [6.45, 7) is 1.88. The van der Waals surface area contributed by atoms with Crippen molar-refractivity contribution in [2.24, 2.45) is 0 Å². The molecule has 0 aliphatic carbocycles. The van der Waals surface area contributed by atoms with E-state index in [0.29, 0.717) is 12.2 Å². The monoisotopic (exact) mass is 180 g/mol. The minimum Gasteiger partial charge on any atom is -0.504 e. The Morgan fingerprint density at radius 2 is 2.23 bits per heavy atom. The van der Waals surface area contributed by atoms with Crippen LogP contribution in [0, 0.1) is 6.92 Å². The zero-order valence-corrected chi connectivity index (χ0v) is 7.70. The lowest BCUT2D eigenvalue weighted by Crippen LogP contribution is -1.92. The number of ether oxygens (including phenoxy) is 1. The molecule has 1 aromatic carbocycles. The number of aryl methyl sites for hydroxylation is 1. The highest BCUT2D eigenvalue weighted by Gasteiger charge is 2.05. The number of rotatable bonds is 3. The second kappa shape index (κ2) is 3.94. The summed E-state index contributed by atoms with van der Waals surface area (Å²) >= 11 is 0. The first-order chi connectivity index (χ1) is 6.19. The smallest absolute Gasteiger partial charge is 0.160 e. The molecule has 0 spiro atoms. The van der Waals surface area contributed by atoms with Crippen LogP contribution in [0.5, 0.6) is 11.5 Å². The maximum absolute atomic E-state index is 10.3. The Morgan fingerprint density at radius 1 is 1.54 bits per heavy atom. The molecule has 0 atom stereocenters. The zero-order valence-electron chi connectivity index (χ0n) is 7.70. The first-order valence-electron chi connectivity index (χ1n) is 3.99. The van der Waals surface area contributed by atoms with Gasteiger partial charge in [0.05, 0.1) is 7.11 Å². The van der Waals surface area contributed by atoms with Gasteiger partial charge in [0.25, 0.3) is 0 Å². The van der Waals surface area contributed by atoms with Gasteiger partial charge in [-0.1, -0.05) is 0 Å². The van der Waals surface area contributed by atoms with E-state index in [1.165, 1.54) is 7.11 Å². The van der Waals surface area contributed by atoms with Crippen LogP contribution in [0.1, 0.15) is 11.1 Å². The predicted octanol–water partition coefficient (Wildman–Crippen LogP) is 1.45. The van der Waals surface area contributed by atoms with E-state index in [1.54, 1.807) is 12.1 Å². The van der Waals surface area contributed by atoms with Crippen molar-refractivity contribution in [3.8, 4) is 11.5 Å². The molecule has 0 amide bonds. The van der Waals surface area contributed by atoms with Crippen LogP contribution in [-0.4, -0.2) is 18.5 Å². The lowest BCUT2D eigenvalue weighted by atomic mass is 10.1. The topological polar surface area (TPSA) is 46.5 Å². The second-order valence-corrected chi connectivity index (χ2v) is 2.82. The normalized spacial score (nSPS) is 9.69. The highest BCUT2D eigenvalue weighted by Crippen LogP contribution is 2.28. The van der Waals surface area contributed by atoms with Crippen molar-refractivity contribution in [1.29, 1.82) is 0 Å². The Kier molecular flexibility index (Phi) is 2.90. The fourth-order valence-corrected chi connectivity index (χ4v) is 1.19. The number of hydrogen-bond donors (Lipinski definition) is 1. The maximum atomic E-state index is 10.3. The molecule has 0 aliphatic rings. The summed E-state index contributed by atoms with van der Waals surface area (Å²) in [5, 5.41) is 9.40. The van der Waals surface area contributed by atoms with Crippen LogP contribution in [0.15, 0.2) is 12.1 Å². The first kappa shape index (κ1) is 9.58. The molecule has 1 aromatic rings. The van der Waals surface area contributed by atoms with E-state index in [1.807, 2.05) is 6.92 Å². The van der Waals surface area contributed by atoms with Crippen LogP contribution >= 0.6 is 0 Å². The van der Waals surface area contributed by atoms with Gasteiger partial charge in [-0.25, -0.2) is 0 Å². The van der Waals surface area contributed by atoms with Crippen molar-refractivity contribution in [3.63, 3.8) is 0 Å². The van der Waals surface area contributed by atoms with Gasteiger partial charge in [0.15, 0.2) is 11.5 Å². The molecule has 1 rings (SSSR count). The molecule has 13 heavy (non-hydrogen) atoms. The van der Waals surface area contributed by atoms with Gasteiger partial charge in [0, 0.05) is 6.42 Å². The molecule has 0 saturated heterocycles. The molecule has 0 heterocycles. The van der Waals surface area contributed by atoms with Gasteiger partial charge in [-0.15, -0.1) is 0 Å². The third kappa shape index (κ3) is 1.99. The first-order valence-corrected chi connectivity index (χ1v) is 3.99. The minimum atomic E-state index is 0.0740. The molecule has 1 N–H and O–H groups in total. The number of carbonyl (C=O) groups excluding carboxylic acids is 1. The van der Waals surface area contributed by atoms with Gasteiger partial charge in [-0.05, 0) is 30.2 Å². The van der Waals surface area contributed by atoms with E-state index in [-0.39, 0.29) is 5.75 Å². The number of methoxy groups -OCH3 is 1. The van der Waals surface area contributed by atoms with Gasteiger partial charge in [0.2, 0.25) is 0 Å². The molecule has 3 nitrogen and oxygen atoms in total. The Morgan fingerprint density at radius 3 is 2.77 bits per heavy atom. The minimum absolute atomic E-state index is 0.0740. The molecule has 0 fully saturated rings. The maximum Gasteiger partial charge on any atom is 0.160 e. The standard InChI is InChI=1S/C10H12O3/c1-7-5-10(13-2)9(12)6-8(7)3-4-11/h4-6,12H,3H2,1-2H3. The number of carbonyl (C=O) groups is 1. The molecule has 3 heteroatoms. The molecule has 70 valence electrons. The summed E-state index contributed by atoms with van der Waals surface area (Å²) < 4.78 is 4.92. The van der Waals surface area contributed by atoms with Crippen molar-refractivity contribution in [1.82, 2.24) is 0 Å². The number of phenolic OH excluding ortho intramolecular Hbond substituents is 1. The van der Waals surface area contributed by atoms with Crippen LogP contribution in [-0.2, 0) is 11.2 Å². The molecular formula is C10H12O3. The van der Waals surface area contributed by atoms with Gasteiger partial charge in [-0.2, -0.15) is 0 Å². The second-order valence-electron chi connectivity index (χ2n) is 2.82. The lowest BCUT2D eigenvalue weighted by molar-refractivity contribution is -0.107. The van der Waals surface area contributed by atoms with Crippen LogP contribution in [0.4, 0.5) is 0 Å². The fourth-order valence-electron chi connectivity index (χ4n) is 1.19. The summed E-state index contributed by atoms with van der Waals surface area (Å²) in [5.41, 5.74) is 1.77. The molecule has 0 aliphatic heterocycles. The number of benzene rings is 1. The van der Waals surface area contributed by atoms with Gasteiger partial charge >= 0.3 is 0 Å². The van der Waals surface area contributed by atoms with Gasteiger partial charge in [-0.3, -0.25) is 0 Å².